The molecule has 0 saturated carbocycles. The zero-order chi connectivity index (χ0) is 21.1. The number of nitrogens with one attached hydrogen (secondary N) is 1. The van der Waals surface area contributed by atoms with Crippen molar-refractivity contribution in [1.29, 1.82) is 0 Å². The van der Waals surface area contributed by atoms with Crippen LogP contribution in [0.1, 0.15) is 16.8 Å². The molecule has 0 saturated heterocycles. The Balaban J connectivity index is 1.56. The second-order valence-corrected chi connectivity index (χ2v) is 7.99. The molecule has 2 aromatic carbocycles. The summed E-state index contributed by atoms with van der Waals surface area (Å²) >= 11 is 7.48. The van der Waals surface area contributed by atoms with Crippen LogP contribution in [-0.2, 0) is 4.79 Å². The third-order valence-electron chi connectivity index (χ3n) is 4.61. The standard InChI is InChI=1S/C22H18ClN3O3S/c1-29-18-9-8-14(23)13-16(18)25-20(27)10-12-26-17-6-4-11-24-21(17)30-19-7-3-2-5-15(19)22(26)28/h2-9,11,13H,10,12H2,1H3,(H,25,27). The normalized spacial score (nSPS) is 12.6. The van der Waals surface area contributed by atoms with Gasteiger partial charge in [0.05, 0.1) is 24.0 Å². The number of halogens is 1. The molecule has 1 aromatic heterocycles. The Bertz CT molecular complexity index is 1120. The number of methoxy groups -OCH3 is 1. The first kappa shape index (κ1) is 20.3. The first-order chi connectivity index (χ1) is 14.6. The van der Waals surface area contributed by atoms with Gasteiger partial charge < -0.3 is 15.0 Å². The highest BCUT2D eigenvalue weighted by molar-refractivity contribution is 7.99. The van der Waals surface area contributed by atoms with Gasteiger partial charge in [-0.3, -0.25) is 9.59 Å². The smallest absolute Gasteiger partial charge is 0.259 e. The molecule has 8 heteroatoms. The maximum absolute atomic E-state index is 13.2. The SMILES string of the molecule is COc1ccc(Cl)cc1NC(=O)CCN1C(=O)c2ccccc2Sc2ncccc21. The van der Waals surface area contributed by atoms with E-state index in [4.69, 9.17) is 16.3 Å². The number of benzene rings is 2. The van der Waals surface area contributed by atoms with E-state index in [-0.39, 0.29) is 24.8 Å². The Morgan fingerprint density at radius 1 is 1.20 bits per heavy atom. The van der Waals surface area contributed by atoms with E-state index in [9.17, 15) is 9.59 Å². The van der Waals surface area contributed by atoms with Crippen molar-refractivity contribution < 1.29 is 14.3 Å². The molecule has 30 heavy (non-hydrogen) atoms. The molecule has 0 aliphatic carbocycles. The van der Waals surface area contributed by atoms with Gasteiger partial charge in [0, 0.05) is 29.1 Å². The summed E-state index contributed by atoms with van der Waals surface area (Å²) in [6, 6.07) is 16.0. The molecule has 3 aromatic rings. The number of pyridine rings is 1. The highest BCUT2D eigenvalue weighted by atomic mass is 35.5. The topological polar surface area (TPSA) is 71.5 Å². The molecule has 1 aliphatic heterocycles. The van der Waals surface area contributed by atoms with Crippen molar-refractivity contribution in [2.24, 2.45) is 0 Å². The number of aromatic nitrogens is 1. The van der Waals surface area contributed by atoms with Gasteiger partial charge in [-0.05, 0) is 42.5 Å². The fraction of sp³-hybridized carbons (Fsp3) is 0.136. The largest absolute Gasteiger partial charge is 0.495 e. The van der Waals surface area contributed by atoms with Gasteiger partial charge in [-0.2, -0.15) is 0 Å². The number of hydrogen-bond acceptors (Lipinski definition) is 5. The molecular formula is C22H18ClN3O3S. The van der Waals surface area contributed by atoms with Crippen molar-refractivity contribution in [2.75, 3.05) is 23.9 Å². The van der Waals surface area contributed by atoms with Crippen LogP contribution in [0.5, 0.6) is 5.75 Å². The highest BCUT2D eigenvalue weighted by Crippen LogP contribution is 2.39. The third-order valence-corrected chi connectivity index (χ3v) is 5.93. The summed E-state index contributed by atoms with van der Waals surface area (Å²) in [5.74, 6) is 0.107. The summed E-state index contributed by atoms with van der Waals surface area (Å²) in [5, 5.41) is 4.03. The van der Waals surface area contributed by atoms with Gasteiger partial charge in [-0.1, -0.05) is 35.5 Å². The van der Waals surface area contributed by atoms with Crippen LogP contribution in [0.3, 0.4) is 0 Å². The van der Waals surface area contributed by atoms with E-state index in [0.717, 1.165) is 9.92 Å². The Hall–Kier alpha value is -3.03. The first-order valence-corrected chi connectivity index (χ1v) is 10.4. The minimum Gasteiger partial charge on any atom is -0.495 e. The molecule has 152 valence electrons. The second-order valence-electron chi connectivity index (χ2n) is 6.53. The molecular weight excluding hydrogens is 422 g/mol. The van der Waals surface area contributed by atoms with Crippen LogP contribution in [0.25, 0.3) is 0 Å². The number of fused-ring (bicyclic) bond motifs is 2. The minimum atomic E-state index is -0.251. The molecule has 1 aliphatic rings. The molecule has 1 N–H and O–H groups in total. The summed E-state index contributed by atoms with van der Waals surface area (Å²) in [6.45, 7) is 0.209. The fourth-order valence-corrected chi connectivity index (χ4v) is 4.37. The Morgan fingerprint density at radius 3 is 2.87 bits per heavy atom. The van der Waals surface area contributed by atoms with E-state index >= 15 is 0 Å². The molecule has 0 unspecified atom stereocenters. The van der Waals surface area contributed by atoms with E-state index < -0.39 is 0 Å². The fourth-order valence-electron chi connectivity index (χ4n) is 3.18. The number of anilines is 2. The average Bonchev–Trinajstić information content (AvgIpc) is 2.86. The lowest BCUT2D eigenvalue weighted by Crippen LogP contribution is -2.34. The van der Waals surface area contributed by atoms with Gasteiger partial charge >= 0.3 is 0 Å². The molecule has 0 radical (unpaired) electrons. The molecule has 0 atom stereocenters. The maximum atomic E-state index is 13.2. The monoisotopic (exact) mass is 439 g/mol. The van der Waals surface area contributed by atoms with Gasteiger partial charge in [0.2, 0.25) is 5.91 Å². The third kappa shape index (κ3) is 4.13. The lowest BCUT2D eigenvalue weighted by atomic mass is 10.1. The van der Waals surface area contributed by atoms with E-state index in [2.05, 4.69) is 10.3 Å². The van der Waals surface area contributed by atoms with Crippen LogP contribution >= 0.6 is 23.4 Å². The summed E-state index contributed by atoms with van der Waals surface area (Å²) in [5.41, 5.74) is 1.77. The number of nitrogens with zero attached hydrogens (tertiary/aromatic N) is 2. The van der Waals surface area contributed by atoms with E-state index in [1.807, 2.05) is 24.3 Å². The van der Waals surface area contributed by atoms with Gasteiger partial charge in [0.1, 0.15) is 10.8 Å². The molecule has 4 rings (SSSR count). The Kier molecular flexibility index (Phi) is 5.92. The minimum absolute atomic E-state index is 0.0998. The lowest BCUT2D eigenvalue weighted by molar-refractivity contribution is -0.116. The number of carbonyl (C=O) groups excluding carboxylic acids is 2. The number of amides is 2. The van der Waals surface area contributed by atoms with Gasteiger partial charge in [0.15, 0.2) is 0 Å². The summed E-state index contributed by atoms with van der Waals surface area (Å²) in [7, 11) is 1.52. The quantitative estimate of drug-likeness (QED) is 0.613. The predicted octanol–water partition coefficient (Wildman–Crippen LogP) is 4.88. The zero-order valence-corrected chi connectivity index (χ0v) is 17.7. The van der Waals surface area contributed by atoms with E-state index in [0.29, 0.717) is 27.7 Å². The predicted molar refractivity (Wildman–Crippen MR) is 118 cm³/mol. The van der Waals surface area contributed by atoms with Crippen molar-refractivity contribution in [3.8, 4) is 5.75 Å². The van der Waals surface area contributed by atoms with Crippen LogP contribution in [0.4, 0.5) is 11.4 Å². The number of ether oxygens (including phenoxy) is 1. The number of rotatable bonds is 5. The summed E-state index contributed by atoms with van der Waals surface area (Å²) in [6.07, 6.45) is 1.79. The second kappa shape index (κ2) is 8.77. The average molecular weight is 440 g/mol. The van der Waals surface area contributed by atoms with Gasteiger partial charge in [-0.15, -0.1) is 0 Å². The van der Waals surface area contributed by atoms with Crippen molar-refractivity contribution in [1.82, 2.24) is 4.98 Å². The summed E-state index contributed by atoms with van der Waals surface area (Å²) in [4.78, 5) is 32.7. The molecule has 0 fully saturated rings. The highest BCUT2D eigenvalue weighted by Gasteiger charge is 2.28. The van der Waals surface area contributed by atoms with Crippen LogP contribution in [0.2, 0.25) is 5.02 Å². The lowest BCUT2D eigenvalue weighted by Gasteiger charge is -2.22. The molecule has 2 heterocycles. The zero-order valence-electron chi connectivity index (χ0n) is 16.1. The van der Waals surface area contributed by atoms with Gasteiger partial charge in [-0.25, -0.2) is 4.98 Å². The van der Waals surface area contributed by atoms with Crippen LogP contribution in [0.15, 0.2) is 70.7 Å². The van der Waals surface area contributed by atoms with Gasteiger partial charge in [0.25, 0.3) is 5.91 Å². The van der Waals surface area contributed by atoms with Crippen molar-refractivity contribution in [3.63, 3.8) is 0 Å². The van der Waals surface area contributed by atoms with E-state index in [1.165, 1.54) is 18.9 Å². The van der Waals surface area contributed by atoms with Crippen molar-refractivity contribution in [3.05, 3.63) is 71.4 Å². The van der Waals surface area contributed by atoms with Crippen molar-refractivity contribution in [2.45, 2.75) is 16.3 Å². The first-order valence-electron chi connectivity index (χ1n) is 9.24. The molecule has 0 spiro atoms. The molecule has 0 bridgehead atoms. The number of hydrogen-bond donors (Lipinski definition) is 1. The Morgan fingerprint density at radius 2 is 2.03 bits per heavy atom. The molecule has 6 nitrogen and oxygen atoms in total. The van der Waals surface area contributed by atoms with E-state index in [1.54, 1.807) is 41.4 Å². The van der Waals surface area contributed by atoms with Crippen LogP contribution in [-0.4, -0.2) is 30.5 Å². The van der Waals surface area contributed by atoms with Crippen molar-refractivity contribution >= 4 is 46.6 Å². The number of carbonyl (C=O) groups is 2. The Labute approximate surface area is 183 Å². The molecule has 2 amide bonds. The van der Waals surface area contributed by atoms with Crippen LogP contribution in [0, 0.1) is 0 Å². The van der Waals surface area contributed by atoms with Crippen LogP contribution < -0.4 is 15.0 Å². The summed E-state index contributed by atoms with van der Waals surface area (Å²) < 4.78 is 5.27. The maximum Gasteiger partial charge on any atom is 0.259 e.